The highest BCUT2D eigenvalue weighted by Gasteiger charge is 2.31. The fourth-order valence-electron chi connectivity index (χ4n) is 3.05. The molecule has 0 fully saturated rings. The van der Waals surface area contributed by atoms with Crippen LogP contribution in [-0.2, 0) is 0 Å². The van der Waals surface area contributed by atoms with Crippen molar-refractivity contribution in [3.05, 3.63) is 18.2 Å². The van der Waals surface area contributed by atoms with Crippen LogP contribution in [0.15, 0.2) is 18.2 Å². The topological polar surface area (TPSA) is 49.7 Å². The first-order valence-electron chi connectivity index (χ1n) is 9.28. The standard InChI is InChI=1S/C20H34O3/c1-4-7-10-16-20(14-8-5-2,15-9-6-3)23-18-13-11-12-17(21)19(18)22/h11-13,21-22H,4-10,14-16H2,1-3H3. The third-order valence-corrected chi connectivity index (χ3v) is 4.51. The lowest BCUT2D eigenvalue weighted by atomic mass is 9.85. The van der Waals surface area contributed by atoms with Crippen LogP contribution in [0.1, 0.15) is 85.0 Å². The van der Waals surface area contributed by atoms with E-state index in [1.54, 1.807) is 12.1 Å². The van der Waals surface area contributed by atoms with Crippen LogP contribution in [0.2, 0.25) is 0 Å². The normalized spacial score (nSPS) is 11.6. The van der Waals surface area contributed by atoms with Gasteiger partial charge in [-0.3, -0.25) is 0 Å². The molecule has 0 aromatic heterocycles. The molecule has 0 saturated carbocycles. The van der Waals surface area contributed by atoms with Gasteiger partial charge in [0, 0.05) is 0 Å². The molecule has 2 N–H and O–H groups in total. The second-order valence-electron chi connectivity index (χ2n) is 6.57. The first-order valence-corrected chi connectivity index (χ1v) is 9.28. The average molecular weight is 322 g/mol. The van der Waals surface area contributed by atoms with E-state index in [1.807, 2.05) is 0 Å². The fraction of sp³-hybridized carbons (Fsp3) is 0.700. The van der Waals surface area contributed by atoms with Crippen molar-refractivity contribution in [1.82, 2.24) is 0 Å². The summed E-state index contributed by atoms with van der Waals surface area (Å²) < 4.78 is 6.35. The van der Waals surface area contributed by atoms with Gasteiger partial charge in [-0.05, 0) is 50.7 Å². The Balaban J connectivity index is 2.98. The van der Waals surface area contributed by atoms with Gasteiger partial charge in [-0.25, -0.2) is 0 Å². The molecule has 0 aliphatic heterocycles. The SMILES string of the molecule is CCCCCC(CCCC)(CCCC)Oc1cccc(O)c1O. The number of aromatic hydroxyl groups is 2. The molecule has 132 valence electrons. The Hall–Kier alpha value is -1.38. The molecule has 0 saturated heterocycles. The van der Waals surface area contributed by atoms with Gasteiger partial charge in [0.25, 0.3) is 0 Å². The summed E-state index contributed by atoms with van der Waals surface area (Å²) in [7, 11) is 0. The molecule has 0 radical (unpaired) electrons. The molecule has 1 rings (SSSR count). The van der Waals surface area contributed by atoms with Gasteiger partial charge in [0.05, 0.1) is 0 Å². The summed E-state index contributed by atoms with van der Waals surface area (Å²) >= 11 is 0. The molecular weight excluding hydrogens is 288 g/mol. The molecule has 0 bridgehead atoms. The van der Waals surface area contributed by atoms with Crippen molar-refractivity contribution in [3.8, 4) is 17.2 Å². The molecule has 0 unspecified atom stereocenters. The maximum absolute atomic E-state index is 10.1. The largest absolute Gasteiger partial charge is 0.504 e. The van der Waals surface area contributed by atoms with E-state index in [4.69, 9.17) is 4.74 Å². The van der Waals surface area contributed by atoms with Crippen LogP contribution in [0, 0.1) is 0 Å². The number of unbranched alkanes of at least 4 members (excludes halogenated alkanes) is 4. The highest BCUT2D eigenvalue weighted by Crippen LogP contribution is 2.40. The highest BCUT2D eigenvalue weighted by molar-refractivity contribution is 5.49. The third-order valence-electron chi connectivity index (χ3n) is 4.51. The van der Waals surface area contributed by atoms with Crippen LogP contribution >= 0.6 is 0 Å². The van der Waals surface area contributed by atoms with Gasteiger partial charge in [-0.2, -0.15) is 0 Å². The van der Waals surface area contributed by atoms with E-state index in [2.05, 4.69) is 20.8 Å². The van der Waals surface area contributed by atoms with Crippen LogP contribution in [0.3, 0.4) is 0 Å². The number of para-hydroxylation sites is 1. The Morgan fingerprint density at radius 3 is 1.96 bits per heavy atom. The Bertz CT molecular complexity index is 435. The number of hydrogen-bond donors (Lipinski definition) is 2. The van der Waals surface area contributed by atoms with E-state index >= 15 is 0 Å². The average Bonchev–Trinajstić information content (AvgIpc) is 2.55. The van der Waals surface area contributed by atoms with Gasteiger partial charge in [0.1, 0.15) is 5.60 Å². The van der Waals surface area contributed by atoms with Gasteiger partial charge < -0.3 is 14.9 Å². The van der Waals surface area contributed by atoms with Gasteiger partial charge in [0.2, 0.25) is 5.75 Å². The van der Waals surface area contributed by atoms with E-state index in [0.717, 1.165) is 51.4 Å². The van der Waals surface area contributed by atoms with E-state index in [0.29, 0.717) is 5.75 Å². The quantitative estimate of drug-likeness (QED) is 0.357. The minimum atomic E-state index is -0.230. The highest BCUT2D eigenvalue weighted by atomic mass is 16.5. The molecule has 3 nitrogen and oxygen atoms in total. The molecule has 1 aromatic carbocycles. The zero-order chi connectivity index (χ0) is 17.1. The fourth-order valence-corrected chi connectivity index (χ4v) is 3.05. The van der Waals surface area contributed by atoms with Crippen molar-refractivity contribution in [2.75, 3.05) is 0 Å². The summed E-state index contributed by atoms with van der Waals surface area (Å²) in [4.78, 5) is 0. The Morgan fingerprint density at radius 1 is 0.826 bits per heavy atom. The van der Waals surface area contributed by atoms with Crippen molar-refractivity contribution >= 4 is 0 Å². The predicted octanol–water partition coefficient (Wildman–Crippen LogP) is 6.18. The number of phenolic OH excluding ortho intramolecular Hbond substituents is 2. The lowest BCUT2D eigenvalue weighted by molar-refractivity contribution is 0.0315. The molecule has 0 aliphatic carbocycles. The summed E-state index contributed by atoms with van der Waals surface area (Å²) in [5, 5.41) is 19.8. The lowest BCUT2D eigenvalue weighted by Crippen LogP contribution is -2.36. The van der Waals surface area contributed by atoms with Crippen LogP contribution < -0.4 is 4.74 Å². The van der Waals surface area contributed by atoms with Gasteiger partial charge in [0.15, 0.2) is 11.5 Å². The van der Waals surface area contributed by atoms with Crippen molar-refractivity contribution in [3.63, 3.8) is 0 Å². The molecule has 0 aliphatic rings. The summed E-state index contributed by atoms with van der Waals surface area (Å²) in [6.07, 6.45) is 11.1. The summed E-state index contributed by atoms with van der Waals surface area (Å²) in [6, 6.07) is 4.96. The monoisotopic (exact) mass is 322 g/mol. The van der Waals surface area contributed by atoms with E-state index < -0.39 is 0 Å². The number of ether oxygens (including phenoxy) is 1. The first kappa shape index (κ1) is 19.7. The van der Waals surface area contributed by atoms with E-state index in [1.165, 1.54) is 18.9 Å². The number of hydrogen-bond acceptors (Lipinski definition) is 3. The first-order chi connectivity index (χ1) is 11.1. The van der Waals surface area contributed by atoms with E-state index in [-0.39, 0.29) is 17.1 Å². The van der Waals surface area contributed by atoms with Crippen molar-refractivity contribution in [2.24, 2.45) is 0 Å². The van der Waals surface area contributed by atoms with E-state index in [9.17, 15) is 10.2 Å². The number of phenols is 2. The van der Waals surface area contributed by atoms with Gasteiger partial charge >= 0.3 is 0 Å². The smallest absolute Gasteiger partial charge is 0.200 e. The number of benzene rings is 1. The van der Waals surface area contributed by atoms with Crippen molar-refractivity contribution < 1.29 is 14.9 Å². The maximum atomic E-state index is 10.1. The van der Waals surface area contributed by atoms with Crippen LogP contribution in [0.25, 0.3) is 0 Å². The van der Waals surface area contributed by atoms with Crippen LogP contribution in [0.5, 0.6) is 17.2 Å². The lowest BCUT2D eigenvalue weighted by Gasteiger charge is -2.35. The Morgan fingerprint density at radius 2 is 1.39 bits per heavy atom. The van der Waals surface area contributed by atoms with Crippen molar-refractivity contribution in [1.29, 1.82) is 0 Å². The van der Waals surface area contributed by atoms with Gasteiger partial charge in [-0.15, -0.1) is 0 Å². The molecule has 0 amide bonds. The molecule has 1 aromatic rings. The summed E-state index contributed by atoms with van der Waals surface area (Å²) in [6.45, 7) is 6.60. The van der Waals surface area contributed by atoms with Crippen LogP contribution in [-0.4, -0.2) is 15.8 Å². The summed E-state index contributed by atoms with van der Waals surface area (Å²) in [5.41, 5.74) is -0.230. The molecule has 0 heterocycles. The van der Waals surface area contributed by atoms with Crippen molar-refractivity contribution in [2.45, 2.75) is 90.6 Å². The predicted molar refractivity (Wildman–Crippen MR) is 96.3 cm³/mol. The Kier molecular flexibility index (Phi) is 8.90. The maximum Gasteiger partial charge on any atom is 0.200 e. The molecule has 0 atom stereocenters. The molecular formula is C20H34O3. The zero-order valence-corrected chi connectivity index (χ0v) is 15.1. The summed E-state index contributed by atoms with van der Waals surface area (Å²) in [5.74, 6) is 0.157. The minimum Gasteiger partial charge on any atom is -0.504 e. The molecule has 23 heavy (non-hydrogen) atoms. The Labute approximate surface area is 141 Å². The molecule has 3 heteroatoms. The third kappa shape index (κ3) is 6.32. The minimum absolute atomic E-state index is 0.115. The second-order valence-corrected chi connectivity index (χ2v) is 6.57. The van der Waals surface area contributed by atoms with Crippen LogP contribution in [0.4, 0.5) is 0 Å². The number of rotatable bonds is 12. The van der Waals surface area contributed by atoms with Gasteiger partial charge in [-0.1, -0.05) is 52.5 Å². The zero-order valence-electron chi connectivity index (χ0n) is 15.1. The second kappa shape index (κ2) is 10.4. The molecule has 0 spiro atoms.